The maximum atomic E-state index is 2.42. The number of imidazole rings is 2. The number of unbranched alkanes of at least 4 members (excludes halogenated alkanes) is 1. The fourth-order valence-electron chi connectivity index (χ4n) is 4.22. The molecule has 0 saturated heterocycles. The van der Waals surface area contributed by atoms with E-state index in [-0.39, 0.29) is 0 Å². The summed E-state index contributed by atoms with van der Waals surface area (Å²) in [5.74, 6) is 0. The lowest BCUT2D eigenvalue weighted by atomic mass is 10.2. The van der Waals surface area contributed by atoms with Crippen LogP contribution in [0.3, 0.4) is 0 Å². The smallest absolute Gasteiger partial charge is 0.230 e. The second kappa shape index (κ2) is 7.78. The molecule has 0 N–H and O–H groups in total. The van der Waals surface area contributed by atoms with Gasteiger partial charge < -0.3 is 0 Å². The normalized spacial score (nSPS) is 11.7. The quantitative estimate of drug-likeness (QED) is 0.338. The van der Waals surface area contributed by atoms with Gasteiger partial charge in [-0.25, -0.2) is 18.3 Å². The van der Waals surface area contributed by atoms with E-state index in [1.54, 1.807) is 0 Å². The summed E-state index contributed by atoms with van der Waals surface area (Å²) in [6.07, 6.45) is 6.92. The Morgan fingerprint density at radius 2 is 1.11 bits per heavy atom. The van der Waals surface area contributed by atoms with Gasteiger partial charge in [0.05, 0.1) is 26.2 Å². The van der Waals surface area contributed by atoms with Gasteiger partial charge in [-0.3, -0.25) is 0 Å². The van der Waals surface area contributed by atoms with Crippen molar-refractivity contribution in [2.24, 2.45) is 0 Å². The van der Waals surface area contributed by atoms with Gasteiger partial charge in [-0.15, -0.1) is 0 Å². The number of benzene rings is 2. The number of fused-ring (bicyclic) bond motifs is 2. The first-order valence-electron chi connectivity index (χ1n) is 10.6. The first-order chi connectivity index (χ1) is 13.6. The first kappa shape index (κ1) is 18.7. The van der Waals surface area contributed by atoms with Crippen molar-refractivity contribution in [3.8, 4) is 0 Å². The van der Waals surface area contributed by atoms with Crippen LogP contribution in [0, 0.1) is 13.8 Å². The lowest BCUT2D eigenvalue weighted by molar-refractivity contribution is -0.684. The summed E-state index contributed by atoms with van der Waals surface area (Å²) in [5.41, 5.74) is 8.03. The molecular formula is C24H32N4+2. The highest BCUT2D eigenvalue weighted by molar-refractivity contribution is 5.73. The minimum Gasteiger partial charge on any atom is -0.230 e. The number of aromatic nitrogens is 4. The average Bonchev–Trinajstić information content (AvgIpc) is 3.22. The van der Waals surface area contributed by atoms with Crippen molar-refractivity contribution in [3.63, 3.8) is 0 Å². The van der Waals surface area contributed by atoms with Crippen LogP contribution in [0.15, 0.2) is 49.1 Å². The zero-order valence-electron chi connectivity index (χ0n) is 17.7. The van der Waals surface area contributed by atoms with Gasteiger partial charge in [0, 0.05) is 0 Å². The van der Waals surface area contributed by atoms with Crippen molar-refractivity contribution < 1.29 is 9.13 Å². The van der Waals surface area contributed by atoms with Crippen LogP contribution < -0.4 is 9.13 Å². The van der Waals surface area contributed by atoms with Gasteiger partial charge in [0.1, 0.15) is 0 Å². The molecule has 2 aromatic carbocycles. The molecule has 146 valence electrons. The molecule has 0 radical (unpaired) electrons. The molecule has 0 aliphatic carbocycles. The Bertz CT molecular complexity index is 1030. The largest absolute Gasteiger partial charge is 0.244 e. The molecular weight excluding hydrogens is 344 g/mol. The first-order valence-corrected chi connectivity index (χ1v) is 10.6. The lowest BCUT2D eigenvalue weighted by Crippen LogP contribution is -2.35. The molecule has 0 fully saturated rings. The summed E-state index contributed by atoms with van der Waals surface area (Å²) in [7, 11) is 0. The summed E-state index contributed by atoms with van der Waals surface area (Å²) in [6.45, 7) is 12.9. The third-order valence-corrected chi connectivity index (χ3v) is 5.79. The van der Waals surface area contributed by atoms with Gasteiger partial charge in [-0.05, 0) is 75.9 Å². The van der Waals surface area contributed by atoms with E-state index in [0.717, 1.165) is 26.2 Å². The Hall–Kier alpha value is -2.62. The van der Waals surface area contributed by atoms with Crippen LogP contribution in [0.25, 0.3) is 22.1 Å². The highest BCUT2D eigenvalue weighted by Gasteiger charge is 2.16. The van der Waals surface area contributed by atoms with Crippen LogP contribution in [-0.2, 0) is 26.2 Å². The highest BCUT2D eigenvalue weighted by Crippen LogP contribution is 2.15. The predicted molar refractivity (Wildman–Crippen MR) is 114 cm³/mol. The summed E-state index contributed by atoms with van der Waals surface area (Å²) < 4.78 is 9.55. The van der Waals surface area contributed by atoms with E-state index in [1.165, 1.54) is 46.0 Å². The fourth-order valence-corrected chi connectivity index (χ4v) is 4.22. The van der Waals surface area contributed by atoms with Crippen LogP contribution in [0.5, 0.6) is 0 Å². The van der Waals surface area contributed by atoms with E-state index in [2.05, 4.69) is 95.0 Å². The van der Waals surface area contributed by atoms with Crippen molar-refractivity contribution in [3.05, 3.63) is 60.2 Å². The van der Waals surface area contributed by atoms with Crippen LogP contribution in [0.1, 0.15) is 37.8 Å². The molecule has 0 unspecified atom stereocenters. The number of hydrogen-bond acceptors (Lipinski definition) is 0. The Kier molecular flexibility index (Phi) is 5.21. The molecule has 2 aromatic heterocycles. The number of hydrogen-bond donors (Lipinski definition) is 0. The zero-order valence-corrected chi connectivity index (χ0v) is 17.7. The molecule has 0 bridgehead atoms. The predicted octanol–water partition coefficient (Wildman–Crippen LogP) is 4.31. The average molecular weight is 377 g/mol. The van der Waals surface area contributed by atoms with E-state index < -0.39 is 0 Å². The SMILES string of the molecule is CCn1c[n+](CCCC[n+]2cn(CC)c3cc(C)ccc32)c2ccc(C)cc21. The molecule has 4 rings (SSSR count). The van der Waals surface area contributed by atoms with Crippen molar-refractivity contribution in [2.45, 2.75) is 66.7 Å². The maximum Gasteiger partial charge on any atom is 0.244 e. The second-order valence-corrected chi connectivity index (χ2v) is 7.88. The molecule has 0 saturated carbocycles. The highest BCUT2D eigenvalue weighted by atomic mass is 15.1. The van der Waals surface area contributed by atoms with Crippen LogP contribution in [-0.4, -0.2) is 9.13 Å². The molecule has 0 aliphatic heterocycles. The lowest BCUT2D eigenvalue weighted by Gasteiger charge is -2.00. The Balaban J connectivity index is 1.47. The molecule has 28 heavy (non-hydrogen) atoms. The van der Waals surface area contributed by atoms with E-state index in [4.69, 9.17) is 0 Å². The molecule has 4 aromatic rings. The molecule has 2 heterocycles. The van der Waals surface area contributed by atoms with Crippen LogP contribution >= 0.6 is 0 Å². The zero-order chi connectivity index (χ0) is 19.7. The second-order valence-electron chi connectivity index (χ2n) is 7.88. The molecule has 0 aliphatic rings. The fraction of sp³-hybridized carbons (Fsp3) is 0.417. The van der Waals surface area contributed by atoms with Gasteiger partial charge >= 0.3 is 0 Å². The number of nitrogens with zero attached hydrogens (tertiary/aromatic N) is 4. The van der Waals surface area contributed by atoms with Crippen molar-refractivity contribution in [2.75, 3.05) is 0 Å². The van der Waals surface area contributed by atoms with E-state index in [1.807, 2.05) is 0 Å². The van der Waals surface area contributed by atoms with Gasteiger partial charge in [-0.2, -0.15) is 0 Å². The summed E-state index contributed by atoms with van der Waals surface area (Å²) in [6, 6.07) is 13.6. The van der Waals surface area contributed by atoms with E-state index >= 15 is 0 Å². The standard InChI is InChI=1S/C24H32N4/c1-5-25-17-27(21-11-9-19(3)15-23(21)25)13-7-8-14-28-18-26(6-2)24-16-20(4)10-12-22(24)28/h9-12,15-18H,5-8,13-14H2,1-4H3/q+2. The minimum atomic E-state index is 1.01. The maximum absolute atomic E-state index is 2.42. The van der Waals surface area contributed by atoms with Gasteiger partial charge in [0.2, 0.25) is 12.7 Å². The molecule has 4 nitrogen and oxygen atoms in total. The van der Waals surface area contributed by atoms with Gasteiger partial charge in [-0.1, -0.05) is 12.1 Å². The third-order valence-electron chi connectivity index (χ3n) is 5.79. The van der Waals surface area contributed by atoms with Gasteiger partial charge in [0.15, 0.2) is 22.1 Å². The van der Waals surface area contributed by atoms with Crippen molar-refractivity contribution in [1.82, 2.24) is 9.13 Å². The third kappa shape index (κ3) is 3.44. The van der Waals surface area contributed by atoms with Crippen LogP contribution in [0.4, 0.5) is 0 Å². The van der Waals surface area contributed by atoms with Crippen LogP contribution in [0.2, 0.25) is 0 Å². The Morgan fingerprint density at radius 1 is 0.679 bits per heavy atom. The molecule has 4 heteroatoms. The topological polar surface area (TPSA) is 17.6 Å². The number of rotatable bonds is 7. The Morgan fingerprint density at radius 3 is 1.50 bits per heavy atom. The Labute approximate surface area is 167 Å². The van der Waals surface area contributed by atoms with Gasteiger partial charge in [0.25, 0.3) is 0 Å². The minimum absolute atomic E-state index is 1.01. The van der Waals surface area contributed by atoms with Crippen molar-refractivity contribution >= 4 is 22.1 Å². The molecule has 0 spiro atoms. The molecule has 0 atom stereocenters. The van der Waals surface area contributed by atoms with E-state index in [9.17, 15) is 0 Å². The van der Waals surface area contributed by atoms with E-state index in [0.29, 0.717) is 0 Å². The molecule has 0 amide bonds. The summed E-state index contributed by atoms with van der Waals surface area (Å²) in [5, 5.41) is 0. The summed E-state index contributed by atoms with van der Waals surface area (Å²) in [4.78, 5) is 0. The monoisotopic (exact) mass is 376 g/mol. The number of aryl methyl sites for hydroxylation is 6. The van der Waals surface area contributed by atoms with Crippen molar-refractivity contribution in [1.29, 1.82) is 0 Å². The summed E-state index contributed by atoms with van der Waals surface area (Å²) >= 11 is 0.